The van der Waals surface area contributed by atoms with E-state index in [2.05, 4.69) is 5.32 Å². The number of rotatable bonds is 7. The summed E-state index contributed by atoms with van der Waals surface area (Å²) < 4.78 is 5.72. The number of hydrogen-bond acceptors (Lipinski definition) is 4. The fourth-order valence-corrected chi connectivity index (χ4v) is 2.88. The highest BCUT2D eigenvalue weighted by molar-refractivity contribution is 6.30. The standard InChI is InChI=1S/C24H17ClN2O4/c25-20-3-1-2-17(13-20)15-31-22-10-4-16(5-11-22)12-19(14-26)23(28)27-21-8-6-18(7-9-21)24(29)30/h1-13H,15H2,(H,27,28)(H,29,30)/b19-12+. The Hall–Kier alpha value is -4.08. The SMILES string of the molecule is N#C/C(=C\c1ccc(OCc2cccc(Cl)c2)cc1)C(=O)Nc1ccc(C(=O)O)cc1. The van der Waals surface area contributed by atoms with Crippen molar-refractivity contribution in [3.8, 4) is 11.8 Å². The molecule has 0 saturated heterocycles. The number of hydrogen-bond donors (Lipinski definition) is 2. The lowest BCUT2D eigenvalue weighted by Gasteiger charge is -2.07. The van der Waals surface area contributed by atoms with Crippen molar-refractivity contribution >= 4 is 35.2 Å². The molecule has 7 heteroatoms. The predicted octanol–water partition coefficient (Wildman–Crippen LogP) is 5.16. The van der Waals surface area contributed by atoms with Gasteiger partial charge in [0.2, 0.25) is 0 Å². The molecule has 0 fully saturated rings. The van der Waals surface area contributed by atoms with E-state index in [1.54, 1.807) is 30.3 Å². The van der Waals surface area contributed by atoms with Crippen LogP contribution in [0.4, 0.5) is 5.69 Å². The molecule has 0 radical (unpaired) electrons. The Morgan fingerprint density at radius 3 is 2.39 bits per heavy atom. The smallest absolute Gasteiger partial charge is 0.335 e. The van der Waals surface area contributed by atoms with Crippen LogP contribution in [0.1, 0.15) is 21.5 Å². The summed E-state index contributed by atoms with van der Waals surface area (Å²) in [5.41, 5.74) is 2.00. The second-order valence-corrected chi connectivity index (χ2v) is 6.93. The number of amides is 1. The van der Waals surface area contributed by atoms with Crippen LogP contribution >= 0.6 is 11.6 Å². The molecule has 0 unspecified atom stereocenters. The molecule has 0 spiro atoms. The lowest BCUT2D eigenvalue weighted by molar-refractivity contribution is -0.112. The van der Waals surface area contributed by atoms with Crippen LogP contribution < -0.4 is 10.1 Å². The van der Waals surface area contributed by atoms with Gasteiger partial charge in [-0.2, -0.15) is 5.26 Å². The number of aromatic carboxylic acids is 1. The van der Waals surface area contributed by atoms with E-state index in [0.717, 1.165) is 5.56 Å². The van der Waals surface area contributed by atoms with Crippen LogP contribution in [-0.4, -0.2) is 17.0 Å². The number of carboxylic acid groups (broad SMARTS) is 1. The Morgan fingerprint density at radius 1 is 1.06 bits per heavy atom. The van der Waals surface area contributed by atoms with Crippen LogP contribution in [0.5, 0.6) is 5.75 Å². The number of anilines is 1. The van der Waals surface area contributed by atoms with Gasteiger partial charge >= 0.3 is 5.97 Å². The third kappa shape index (κ3) is 6.20. The van der Waals surface area contributed by atoms with E-state index >= 15 is 0 Å². The van der Waals surface area contributed by atoms with Gasteiger partial charge in [-0.3, -0.25) is 4.79 Å². The fraction of sp³-hybridized carbons (Fsp3) is 0.0417. The van der Waals surface area contributed by atoms with Gasteiger partial charge in [-0.1, -0.05) is 35.9 Å². The summed E-state index contributed by atoms with van der Waals surface area (Å²) in [6, 6.07) is 21.9. The number of carboxylic acids is 1. The van der Waals surface area contributed by atoms with Gasteiger partial charge < -0.3 is 15.2 Å². The van der Waals surface area contributed by atoms with Gasteiger partial charge in [0.25, 0.3) is 5.91 Å². The average Bonchev–Trinajstić information content (AvgIpc) is 2.77. The van der Waals surface area contributed by atoms with E-state index in [4.69, 9.17) is 21.4 Å². The number of nitrogens with zero attached hydrogens (tertiary/aromatic N) is 1. The second-order valence-electron chi connectivity index (χ2n) is 6.49. The molecule has 6 nitrogen and oxygen atoms in total. The van der Waals surface area contributed by atoms with Crippen molar-refractivity contribution in [2.24, 2.45) is 0 Å². The summed E-state index contributed by atoms with van der Waals surface area (Å²) in [6.45, 7) is 0.363. The summed E-state index contributed by atoms with van der Waals surface area (Å²) in [6.07, 6.45) is 1.46. The number of benzene rings is 3. The van der Waals surface area contributed by atoms with E-state index in [1.165, 1.54) is 30.3 Å². The van der Waals surface area contributed by atoms with E-state index in [1.807, 2.05) is 24.3 Å². The summed E-state index contributed by atoms with van der Waals surface area (Å²) in [5.74, 6) is -1.01. The number of nitrogens with one attached hydrogen (secondary N) is 1. The number of carbonyl (C=O) groups excluding carboxylic acids is 1. The van der Waals surface area contributed by atoms with Crippen LogP contribution in [0.3, 0.4) is 0 Å². The second kappa shape index (κ2) is 10.1. The first-order valence-electron chi connectivity index (χ1n) is 9.18. The molecule has 31 heavy (non-hydrogen) atoms. The third-order valence-electron chi connectivity index (χ3n) is 4.24. The summed E-state index contributed by atoms with van der Waals surface area (Å²) in [7, 11) is 0. The highest BCUT2D eigenvalue weighted by atomic mass is 35.5. The van der Waals surface area contributed by atoms with Crippen LogP contribution in [0, 0.1) is 11.3 Å². The molecule has 0 saturated carbocycles. The Balaban J connectivity index is 1.63. The molecule has 3 aromatic rings. The molecule has 3 rings (SSSR count). The zero-order valence-corrected chi connectivity index (χ0v) is 17.0. The molecule has 2 N–H and O–H groups in total. The monoisotopic (exact) mass is 432 g/mol. The number of carbonyl (C=O) groups is 2. The lowest BCUT2D eigenvalue weighted by atomic mass is 10.1. The first kappa shape index (κ1) is 21.6. The maximum atomic E-state index is 12.4. The van der Waals surface area contributed by atoms with Crippen LogP contribution in [0.15, 0.2) is 78.4 Å². The lowest BCUT2D eigenvalue weighted by Crippen LogP contribution is -2.13. The van der Waals surface area contributed by atoms with Crippen molar-refractivity contribution in [1.82, 2.24) is 0 Å². The van der Waals surface area contributed by atoms with Crippen LogP contribution in [0.25, 0.3) is 6.08 Å². The maximum absolute atomic E-state index is 12.4. The maximum Gasteiger partial charge on any atom is 0.335 e. The van der Waals surface area contributed by atoms with Crippen molar-refractivity contribution in [2.75, 3.05) is 5.32 Å². The largest absolute Gasteiger partial charge is 0.489 e. The van der Waals surface area contributed by atoms with E-state index in [9.17, 15) is 14.9 Å². The van der Waals surface area contributed by atoms with Crippen molar-refractivity contribution in [2.45, 2.75) is 6.61 Å². The van der Waals surface area contributed by atoms with Gasteiger partial charge in [-0.25, -0.2) is 4.79 Å². The van der Waals surface area contributed by atoms with E-state index in [-0.39, 0.29) is 11.1 Å². The molecular formula is C24H17ClN2O4. The molecular weight excluding hydrogens is 416 g/mol. The number of nitriles is 1. The molecule has 0 bridgehead atoms. The average molecular weight is 433 g/mol. The Morgan fingerprint density at radius 2 is 1.77 bits per heavy atom. The fourth-order valence-electron chi connectivity index (χ4n) is 2.66. The van der Waals surface area contributed by atoms with Gasteiger partial charge in [-0.05, 0) is 65.7 Å². The van der Waals surface area contributed by atoms with Gasteiger partial charge in [0.1, 0.15) is 24.0 Å². The van der Waals surface area contributed by atoms with E-state index < -0.39 is 11.9 Å². The molecule has 3 aromatic carbocycles. The van der Waals surface area contributed by atoms with Gasteiger partial charge in [0, 0.05) is 10.7 Å². The van der Waals surface area contributed by atoms with Crippen molar-refractivity contribution in [1.29, 1.82) is 5.26 Å². The van der Waals surface area contributed by atoms with Crippen molar-refractivity contribution < 1.29 is 19.4 Å². The van der Waals surface area contributed by atoms with Gasteiger partial charge in [0.05, 0.1) is 5.56 Å². The molecule has 154 valence electrons. The van der Waals surface area contributed by atoms with Crippen molar-refractivity contribution in [3.63, 3.8) is 0 Å². The molecule has 0 heterocycles. The minimum atomic E-state index is -1.06. The van der Waals surface area contributed by atoms with Gasteiger partial charge in [-0.15, -0.1) is 0 Å². The van der Waals surface area contributed by atoms with E-state index in [0.29, 0.717) is 28.6 Å². The molecule has 1 amide bonds. The number of halogens is 1. The third-order valence-corrected chi connectivity index (χ3v) is 4.48. The number of ether oxygens (including phenoxy) is 1. The first-order chi connectivity index (χ1) is 14.9. The quantitative estimate of drug-likeness (QED) is 0.396. The predicted molar refractivity (Wildman–Crippen MR) is 118 cm³/mol. The highest BCUT2D eigenvalue weighted by Crippen LogP contribution is 2.18. The molecule has 0 aromatic heterocycles. The Labute approximate surface area is 184 Å². The van der Waals surface area contributed by atoms with Crippen molar-refractivity contribution in [3.05, 3.63) is 100 Å². The minimum Gasteiger partial charge on any atom is -0.489 e. The Bertz CT molecular complexity index is 1160. The normalized spacial score (nSPS) is 10.8. The summed E-state index contributed by atoms with van der Waals surface area (Å²) >= 11 is 5.96. The zero-order chi connectivity index (χ0) is 22.2. The first-order valence-corrected chi connectivity index (χ1v) is 9.56. The highest BCUT2D eigenvalue weighted by Gasteiger charge is 2.10. The molecule has 0 aliphatic carbocycles. The van der Waals surface area contributed by atoms with Crippen LogP contribution in [0.2, 0.25) is 5.02 Å². The molecule has 0 atom stereocenters. The zero-order valence-electron chi connectivity index (χ0n) is 16.2. The molecule has 0 aliphatic heterocycles. The summed E-state index contributed by atoms with van der Waals surface area (Å²) in [5, 5.41) is 21.5. The summed E-state index contributed by atoms with van der Waals surface area (Å²) in [4.78, 5) is 23.3. The minimum absolute atomic E-state index is 0.0880. The van der Waals surface area contributed by atoms with Gasteiger partial charge in [0.15, 0.2) is 0 Å². The topological polar surface area (TPSA) is 99.4 Å². The molecule has 0 aliphatic rings. The Kier molecular flexibility index (Phi) is 7.05. The van der Waals surface area contributed by atoms with Crippen LogP contribution in [-0.2, 0) is 11.4 Å².